The Balaban J connectivity index is 1.43. The van der Waals surface area contributed by atoms with Gasteiger partial charge in [-0.1, -0.05) is 48.2 Å². The summed E-state index contributed by atoms with van der Waals surface area (Å²) in [5.74, 6) is -3.65. The number of nitrogens with zero attached hydrogens (tertiary/aromatic N) is 3. The third-order valence-electron chi connectivity index (χ3n) is 9.43. The molecule has 4 unspecified atom stereocenters. The minimum atomic E-state index is -1.01. The molecule has 44 heavy (non-hydrogen) atoms. The molecule has 3 heterocycles. The minimum absolute atomic E-state index is 0.0685. The molecule has 232 valence electrons. The van der Waals surface area contributed by atoms with Crippen LogP contribution in [-0.4, -0.2) is 81.7 Å². The van der Waals surface area contributed by atoms with Gasteiger partial charge in [-0.05, 0) is 43.0 Å². The molecule has 0 aromatic heterocycles. The molecule has 1 N–H and O–H groups in total. The highest BCUT2D eigenvalue weighted by Gasteiger charge is 2.46. The summed E-state index contributed by atoms with van der Waals surface area (Å²) in [5.41, 5.74) is 1.75. The highest BCUT2D eigenvalue weighted by molar-refractivity contribution is 6.36. The molecule has 3 aliphatic heterocycles. The van der Waals surface area contributed by atoms with Crippen LogP contribution in [-0.2, 0) is 20.8 Å². The Labute approximate surface area is 264 Å². The molecule has 6 rings (SSSR count). The van der Waals surface area contributed by atoms with E-state index in [2.05, 4.69) is 0 Å². The first-order valence-electron chi connectivity index (χ1n) is 15.0. The number of rotatable bonds is 6. The molecule has 1 aliphatic carbocycles. The Bertz CT molecular complexity index is 1530. The van der Waals surface area contributed by atoms with Gasteiger partial charge in [0.15, 0.2) is 0 Å². The van der Waals surface area contributed by atoms with Crippen molar-refractivity contribution >= 4 is 52.8 Å². The number of benzene rings is 2. The highest BCUT2D eigenvalue weighted by Crippen LogP contribution is 2.47. The number of hydrogen-bond acceptors (Lipinski definition) is 6. The molecule has 2 fully saturated rings. The van der Waals surface area contributed by atoms with Gasteiger partial charge in [-0.15, -0.1) is 0 Å². The zero-order valence-corrected chi connectivity index (χ0v) is 25.8. The SMILES string of the molecule is CC(=O)N1CCC(Oc2c(Cl)cc(Cl)c3c2C(CN2C(=O)c4ccccc4C2=O)N(C(=O)C2CCCCC2C(=O)O)CC3)C1. The smallest absolute Gasteiger partial charge is 0.307 e. The van der Waals surface area contributed by atoms with Crippen molar-refractivity contribution in [1.29, 1.82) is 0 Å². The fourth-order valence-corrected chi connectivity index (χ4v) is 7.79. The van der Waals surface area contributed by atoms with Crippen molar-refractivity contribution in [2.45, 2.75) is 57.6 Å². The summed E-state index contributed by atoms with van der Waals surface area (Å²) in [5, 5.41) is 10.5. The van der Waals surface area contributed by atoms with E-state index in [0.29, 0.717) is 60.7 Å². The first-order valence-corrected chi connectivity index (χ1v) is 15.7. The van der Waals surface area contributed by atoms with E-state index >= 15 is 0 Å². The molecule has 2 aromatic rings. The number of carboxylic acids is 1. The predicted molar refractivity (Wildman–Crippen MR) is 161 cm³/mol. The molecular formula is C32H33Cl2N3O7. The number of hydrogen-bond donors (Lipinski definition) is 1. The van der Waals surface area contributed by atoms with E-state index in [1.54, 1.807) is 40.1 Å². The van der Waals surface area contributed by atoms with Crippen molar-refractivity contribution in [2.75, 3.05) is 26.2 Å². The first-order chi connectivity index (χ1) is 21.1. The lowest BCUT2D eigenvalue weighted by molar-refractivity contribution is -0.153. The predicted octanol–water partition coefficient (Wildman–Crippen LogP) is 4.61. The van der Waals surface area contributed by atoms with Crippen LogP contribution >= 0.6 is 23.2 Å². The third kappa shape index (κ3) is 5.32. The Morgan fingerprint density at radius 1 is 0.955 bits per heavy atom. The minimum Gasteiger partial charge on any atom is -0.487 e. The largest absolute Gasteiger partial charge is 0.487 e. The number of ether oxygens (including phenoxy) is 1. The maximum atomic E-state index is 14.3. The van der Waals surface area contributed by atoms with Gasteiger partial charge >= 0.3 is 5.97 Å². The van der Waals surface area contributed by atoms with Crippen LogP contribution < -0.4 is 4.74 Å². The fourth-order valence-electron chi connectivity index (χ4n) is 7.17. The zero-order chi connectivity index (χ0) is 31.3. The second-order valence-electron chi connectivity index (χ2n) is 12.0. The third-order valence-corrected chi connectivity index (χ3v) is 10.1. The van der Waals surface area contributed by atoms with E-state index in [1.807, 2.05) is 0 Å². The number of amides is 4. The van der Waals surface area contributed by atoms with Crippen LogP contribution in [0.25, 0.3) is 0 Å². The Hall–Kier alpha value is -3.63. The van der Waals surface area contributed by atoms with E-state index in [1.165, 1.54) is 6.92 Å². The number of carbonyl (C=O) groups excluding carboxylic acids is 4. The molecule has 4 aliphatic rings. The summed E-state index contributed by atoms with van der Waals surface area (Å²) in [6.07, 6.45) is 2.84. The second-order valence-corrected chi connectivity index (χ2v) is 12.8. The van der Waals surface area contributed by atoms with Crippen molar-refractivity contribution in [1.82, 2.24) is 14.7 Å². The topological polar surface area (TPSA) is 125 Å². The molecule has 0 spiro atoms. The van der Waals surface area contributed by atoms with Gasteiger partial charge < -0.3 is 19.6 Å². The lowest BCUT2D eigenvalue weighted by Gasteiger charge is -2.43. The standard InChI is InChI=1S/C32H33Cl2N3O7/c1-17(38)35-12-10-18(15-35)44-28-25(34)14-24(33)23-11-13-36(29(39)21-8-4-5-9-22(21)32(42)43)26(27(23)28)16-37-30(40)19-6-2-3-7-20(19)31(37)41/h2-3,6-7,14,18,21-22,26H,4-5,8-13,15-16H2,1H3,(H,42,43). The second kappa shape index (κ2) is 12.0. The van der Waals surface area contributed by atoms with Crippen LogP contribution in [0.4, 0.5) is 0 Å². The van der Waals surface area contributed by atoms with Gasteiger partial charge in [0.05, 0.1) is 47.1 Å². The lowest BCUT2D eigenvalue weighted by atomic mass is 9.77. The van der Waals surface area contributed by atoms with Crippen LogP contribution in [0.15, 0.2) is 30.3 Å². The van der Waals surface area contributed by atoms with Crippen molar-refractivity contribution in [3.05, 3.63) is 62.6 Å². The number of carbonyl (C=O) groups is 5. The van der Waals surface area contributed by atoms with E-state index in [9.17, 15) is 29.1 Å². The van der Waals surface area contributed by atoms with E-state index in [0.717, 1.165) is 17.7 Å². The number of likely N-dealkylation sites (tertiary alicyclic amines) is 1. The van der Waals surface area contributed by atoms with Crippen LogP contribution in [0, 0.1) is 11.8 Å². The monoisotopic (exact) mass is 641 g/mol. The maximum absolute atomic E-state index is 14.3. The quantitative estimate of drug-likeness (QED) is 0.457. The first kappa shape index (κ1) is 30.4. The summed E-state index contributed by atoms with van der Waals surface area (Å²) in [6.45, 7) is 2.40. The van der Waals surface area contributed by atoms with E-state index in [4.69, 9.17) is 27.9 Å². The molecule has 1 saturated heterocycles. The van der Waals surface area contributed by atoms with Crippen molar-refractivity contribution in [3.63, 3.8) is 0 Å². The van der Waals surface area contributed by atoms with Gasteiger partial charge in [0, 0.05) is 37.0 Å². The van der Waals surface area contributed by atoms with Crippen molar-refractivity contribution in [2.24, 2.45) is 11.8 Å². The van der Waals surface area contributed by atoms with Gasteiger partial charge in [0.1, 0.15) is 11.9 Å². The fraction of sp³-hybridized carbons (Fsp3) is 0.469. The van der Waals surface area contributed by atoms with Crippen LogP contribution in [0.2, 0.25) is 10.0 Å². The molecule has 1 saturated carbocycles. The van der Waals surface area contributed by atoms with Crippen molar-refractivity contribution in [3.8, 4) is 5.75 Å². The van der Waals surface area contributed by atoms with Gasteiger partial charge in [-0.2, -0.15) is 0 Å². The average Bonchev–Trinajstić information content (AvgIpc) is 3.58. The summed E-state index contributed by atoms with van der Waals surface area (Å²) < 4.78 is 6.48. The zero-order valence-electron chi connectivity index (χ0n) is 24.3. The molecular weight excluding hydrogens is 609 g/mol. The lowest BCUT2D eigenvalue weighted by Crippen LogP contribution is -2.50. The normalized spacial score (nSPS) is 24.8. The Morgan fingerprint density at radius 2 is 1.61 bits per heavy atom. The van der Waals surface area contributed by atoms with Gasteiger partial charge in [0.2, 0.25) is 11.8 Å². The van der Waals surface area contributed by atoms with Gasteiger partial charge in [0.25, 0.3) is 11.8 Å². The summed E-state index contributed by atoms with van der Waals surface area (Å²) in [4.78, 5) is 69.9. The van der Waals surface area contributed by atoms with Crippen LogP contribution in [0.5, 0.6) is 5.75 Å². The molecule has 4 atom stereocenters. The number of imide groups is 1. The van der Waals surface area contributed by atoms with Crippen molar-refractivity contribution < 1.29 is 33.8 Å². The van der Waals surface area contributed by atoms with Crippen LogP contribution in [0.1, 0.15) is 76.9 Å². The summed E-state index contributed by atoms with van der Waals surface area (Å²) in [7, 11) is 0. The Kier molecular flexibility index (Phi) is 8.32. The Morgan fingerprint density at radius 3 is 2.23 bits per heavy atom. The average molecular weight is 643 g/mol. The van der Waals surface area contributed by atoms with Gasteiger partial charge in [-0.3, -0.25) is 28.9 Å². The number of carboxylic acid groups (broad SMARTS) is 1. The summed E-state index contributed by atoms with van der Waals surface area (Å²) in [6, 6.07) is 7.26. The molecule has 0 radical (unpaired) electrons. The van der Waals surface area contributed by atoms with E-state index in [-0.39, 0.29) is 47.2 Å². The molecule has 2 aromatic carbocycles. The molecule has 0 bridgehead atoms. The molecule has 12 heteroatoms. The van der Waals surface area contributed by atoms with E-state index < -0.39 is 35.7 Å². The number of fused-ring (bicyclic) bond motifs is 2. The molecule has 4 amide bonds. The number of aliphatic carboxylic acids is 1. The number of halogens is 2. The van der Waals surface area contributed by atoms with Gasteiger partial charge in [-0.25, -0.2) is 0 Å². The maximum Gasteiger partial charge on any atom is 0.307 e. The summed E-state index contributed by atoms with van der Waals surface area (Å²) >= 11 is 13.5. The highest BCUT2D eigenvalue weighted by atomic mass is 35.5. The van der Waals surface area contributed by atoms with Crippen LogP contribution in [0.3, 0.4) is 0 Å². The molecule has 10 nitrogen and oxygen atoms in total.